The van der Waals surface area contributed by atoms with Crippen LogP contribution in [0.5, 0.6) is 5.75 Å². The lowest BCUT2D eigenvalue weighted by Gasteiger charge is -2.27. The number of aliphatic imine (C=N–C) groups is 1. The molecule has 3 heteroatoms. The Hall–Kier alpha value is -1.61. The Labute approximate surface area is 153 Å². The number of phenolic OH excluding ortho intramolecular Hbond substituents is 1. The van der Waals surface area contributed by atoms with Crippen molar-refractivity contribution in [1.82, 2.24) is 0 Å². The average molecular weight is 388 g/mol. The molecule has 128 valence electrons. The molecule has 0 aliphatic carbocycles. The first-order chi connectivity index (χ1) is 11.0. The summed E-state index contributed by atoms with van der Waals surface area (Å²) in [6, 6.07) is 12.0. The lowest BCUT2D eigenvalue weighted by molar-refractivity contribution is 0.444. The molecule has 0 saturated heterocycles. The first kappa shape index (κ1) is 18.7. The van der Waals surface area contributed by atoms with Gasteiger partial charge in [-0.15, -0.1) is 0 Å². The minimum Gasteiger partial charge on any atom is -0.507 e. The summed E-state index contributed by atoms with van der Waals surface area (Å²) in [5.74, 6) is 0.311. The van der Waals surface area contributed by atoms with Crippen molar-refractivity contribution in [3.8, 4) is 5.75 Å². The van der Waals surface area contributed by atoms with Crippen molar-refractivity contribution in [3.63, 3.8) is 0 Å². The van der Waals surface area contributed by atoms with Gasteiger partial charge in [0.25, 0.3) is 0 Å². The highest BCUT2D eigenvalue weighted by molar-refractivity contribution is 9.10. The Morgan fingerprint density at radius 3 is 2.12 bits per heavy atom. The molecule has 2 aromatic carbocycles. The summed E-state index contributed by atoms with van der Waals surface area (Å²) in [6.07, 6.45) is 1.75. The molecule has 2 aromatic rings. The summed E-state index contributed by atoms with van der Waals surface area (Å²) in [5, 5.41) is 10.8. The number of para-hydroxylation sites is 1. The zero-order valence-electron chi connectivity index (χ0n) is 15.3. The molecule has 0 amide bonds. The van der Waals surface area contributed by atoms with Gasteiger partial charge < -0.3 is 5.11 Å². The van der Waals surface area contributed by atoms with Gasteiger partial charge in [0.05, 0.1) is 5.69 Å². The van der Waals surface area contributed by atoms with Crippen molar-refractivity contribution in [2.45, 2.75) is 52.4 Å². The molecule has 24 heavy (non-hydrogen) atoms. The summed E-state index contributed by atoms with van der Waals surface area (Å²) in [7, 11) is 0. The van der Waals surface area contributed by atoms with Gasteiger partial charge in [0.2, 0.25) is 0 Å². The van der Waals surface area contributed by atoms with E-state index in [1.807, 2.05) is 30.3 Å². The zero-order valence-corrected chi connectivity index (χ0v) is 16.9. The topological polar surface area (TPSA) is 32.6 Å². The SMILES string of the molecule is CC(C)(C)c1cc(C=Nc2ccccc2Br)c(O)c(C(C)(C)C)c1. The van der Waals surface area contributed by atoms with Crippen LogP contribution in [0.15, 0.2) is 45.9 Å². The predicted octanol–water partition coefficient (Wildman–Crippen LogP) is 6.50. The second kappa shape index (κ2) is 6.72. The van der Waals surface area contributed by atoms with Crippen molar-refractivity contribution in [2.24, 2.45) is 4.99 Å². The van der Waals surface area contributed by atoms with Gasteiger partial charge in [-0.2, -0.15) is 0 Å². The molecule has 0 bridgehead atoms. The van der Waals surface area contributed by atoms with Crippen molar-refractivity contribution in [2.75, 3.05) is 0 Å². The summed E-state index contributed by atoms with van der Waals surface area (Å²) in [6.45, 7) is 12.9. The van der Waals surface area contributed by atoms with Gasteiger partial charge in [-0.3, -0.25) is 4.99 Å². The molecule has 0 aliphatic heterocycles. The molecule has 0 aromatic heterocycles. The van der Waals surface area contributed by atoms with Crippen LogP contribution in [0.1, 0.15) is 58.2 Å². The zero-order chi connectivity index (χ0) is 18.1. The Kier molecular flexibility index (Phi) is 5.24. The van der Waals surface area contributed by atoms with Gasteiger partial charge in [0.1, 0.15) is 5.75 Å². The van der Waals surface area contributed by atoms with Crippen molar-refractivity contribution in [1.29, 1.82) is 0 Å². The summed E-state index contributed by atoms with van der Waals surface area (Å²) < 4.78 is 0.934. The first-order valence-corrected chi connectivity index (χ1v) is 8.96. The maximum absolute atomic E-state index is 10.8. The second-order valence-electron chi connectivity index (χ2n) is 8.17. The quantitative estimate of drug-likeness (QED) is 0.585. The highest BCUT2D eigenvalue weighted by Gasteiger charge is 2.24. The molecular weight excluding hydrogens is 362 g/mol. The van der Waals surface area contributed by atoms with E-state index in [1.54, 1.807) is 6.21 Å². The van der Waals surface area contributed by atoms with Crippen LogP contribution in [0.4, 0.5) is 5.69 Å². The molecule has 0 saturated carbocycles. The highest BCUT2D eigenvalue weighted by Crippen LogP contribution is 2.37. The largest absolute Gasteiger partial charge is 0.507 e. The number of rotatable bonds is 2. The number of aromatic hydroxyl groups is 1. The molecule has 2 rings (SSSR count). The van der Waals surface area contributed by atoms with Crippen molar-refractivity contribution in [3.05, 3.63) is 57.6 Å². The minimum atomic E-state index is -0.138. The normalized spacial score (nSPS) is 12.8. The molecule has 0 fully saturated rings. The van der Waals surface area contributed by atoms with E-state index in [2.05, 4.69) is 68.5 Å². The third-order valence-electron chi connectivity index (χ3n) is 4.01. The molecule has 0 unspecified atom stereocenters. The van der Waals surface area contributed by atoms with Gasteiger partial charge in [0, 0.05) is 21.8 Å². The van der Waals surface area contributed by atoms with Crippen LogP contribution in [0.3, 0.4) is 0 Å². The van der Waals surface area contributed by atoms with E-state index < -0.39 is 0 Å². The number of hydrogen-bond acceptors (Lipinski definition) is 2. The number of phenols is 1. The molecule has 1 N–H and O–H groups in total. The molecular formula is C21H26BrNO. The fourth-order valence-corrected chi connectivity index (χ4v) is 2.84. The standard InChI is InChI=1S/C21H26BrNO/c1-20(2,3)15-11-14(19(24)16(12-15)21(4,5)6)13-23-18-10-8-7-9-17(18)22/h7-13,24H,1-6H3. The Balaban J connectivity index is 2.59. The summed E-state index contributed by atoms with van der Waals surface area (Å²) in [5.41, 5.74) is 3.60. The third-order valence-corrected chi connectivity index (χ3v) is 4.68. The van der Waals surface area contributed by atoms with Crippen LogP contribution in [-0.2, 0) is 10.8 Å². The van der Waals surface area contributed by atoms with Crippen LogP contribution < -0.4 is 0 Å². The lowest BCUT2D eigenvalue weighted by Crippen LogP contribution is -2.17. The van der Waals surface area contributed by atoms with Gasteiger partial charge in [0.15, 0.2) is 0 Å². The van der Waals surface area contributed by atoms with Crippen molar-refractivity contribution < 1.29 is 5.11 Å². The fourth-order valence-electron chi connectivity index (χ4n) is 2.46. The van der Waals surface area contributed by atoms with Crippen LogP contribution in [0, 0.1) is 0 Å². The van der Waals surface area contributed by atoms with Crippen LogP contribution in [-0.4, -0.2) is 11.3 Å². The second-order valence-corrected chi connectivity index (χ2v) is 9.03. The Bertz CT molecular complexity index is 764. The molecule has 0 atom stereocenters. The Morgan fingerprint density at radius 1 is 0.958 bits per heavy atom. The summed E-state index contributed by atoms with van der Waals surface area (Å²) >= 11 is 3.50. The van der Waals surface area contributed by atoms with E-state index in [0.29, 0.717) is 5.75 Å². The van der Waals surface area contributed by atoms with Gasteiger partial charge in [-0.05, 0) is 50.5 Å². The van der Waals surface area contributed by atoms with Gasteiger partial charge in [-0.1, -0.05) is 59.7 Å². The van der Waals surface area contributed by atoms with Gasteiger partial charge in [-0.25, -0.2) is 0 Å². The lowest BCUT2D eigenvalue weighted by atomic mass is 9.79. The fraction of sp³-hybridized carbons (Fsp3) is 0.381. The van der Waals surface area contributed by atoms with E-state index in [4.69, 9.17) is 0 Å². The molecule has 2 nitrogen and oxygen atoms in total. The highest BCUT2D eigenvalue weighted by atomic mass is 79.9. The van der Waals surface area contributed by atoms with Crippen LogP contribution >= 0.6 is 15.9 Å². The molecule has 0 spiro atoms. The first-order valence-electron chi connectivity index (χ1n) is 8.17. The summed E-state index contributed by atoms with van der Waals surface area (Å²) in [4.78, 5) is 4.55. The smallest absolute Gasteiger partial charge is 0.128 e. The monoisotopic (exact) mass is 387 g/mol. The molecule has 0 radical (unpaired) electrons. The number of halogens is 1. The van der Waals surface area contributed by atoms with E-state index in [9.17, 15) is 5.11 Å². The van der Waals surface area contributed by atoms with Gasteiger partial charge >= 0.3 is 0 Å². The number of benzene rings is 2. The number of hydrogen-bond donors (Lipinski definition) is 1. The van der Waals surface area contributed by atoms with E-state index in [0.717, 1.165) is 21.3 Å². The predicted molar refractivity (Wildman–Crippen MR) is 107 cm³/mol. The van der Waals surface area contributed by atoms with E-state index >= 15 is 0 Å². The van der Waals surface area contributed by atoms with Crippen molar-refractivity contribution >= 4 is 27.8 Å². The minimum absolute atomic E-state index is 0.00359. The molecule has 0 heterocycles. The molecule has 0 aliphatic rings. The van der Waals surface area contributed by atoms with E-state index in [1.165, 1.54) is 5.56 Å². The maximum Gasteiger partial charge on any atom is 0.128 e. The maximum atomic E-state index is 10.8. The third kappa shape index (κ3) is 4.27. The average Bonchev–Trinajstić information content (AvgIpc) is 2.45. The van der Waals surface area contributed by atoms with E-state index in [-0.39, 0.29) is 10.8 Å². The van der Waals surface area contributed by atoms with Crippen LogP contribution in [0.25, 0.3) is 0 Å². The number of nitrogens with zero attached hydrogens (tertiary/aromatic N) is 1. The van der Waals surface area contributed by atoms with Crippen LogP contribution in [0.2, 0.25) is 0 Å². The Morgan fingerprint density at radius 2 is 1.58 bits per heavy atom.